The van der Waals surface area contributed by atoms with Gasteiger partial charge in [0.15, 0.2) is 0 Å². The lowest BCUT2D eigenvalue weighted by molar-refractivity contribution is -0.144. The second-order valence-electron chi connectivity index (χ2n) is 4.26. The molecule has 1 aliphatic rings. The Morgan fingerprint density at radius 2 is 2.06 bits per heavy atom. The molecule has 17 heavy (non-hydrogen) atoms. The first-order valence-corrected chi connectivity index (χ1v) is 5.34. The molecule has 0 aromatic carbocycles. The third-order valence-corrected chi connectivity index (χ3v) is 2.88. The van der Waals surface area contributed by atoms with Crippen molar-refractivity contribution in [3.05, 3.63) is 34.2 Å². The minimum atomic E-state index is -4.58. The fourth-order valence-corrected chi connectivity index (χ4v) is 1.77. The van der Waals surface area contributed by atoms with Gasteiger partial charge < -0.3 is 9.67 Å². The highest BCUT2D eigenvalue weighted by Gasteiger charge is 2.36. The van der Waals surface area contributed by atoms with Gasteiger partial charge in [-0.25, -0.2) is 0 Å². The van der Waals surface area contributed by atoms with Crippen molar-refractivity contribution >= 4 is 0 Å². The van der Waals surface area contributed by atoms with Crippen LogP contribution in [0, 0.1) is 5.92 Å². The van der Waals surface area contributed by atoms with E-state index >= 15 is 0 Å². The molecule has 1 aliphatic carbocycles. The summed E-state index contributed by atoms with van der Waals surface area (Å²) in [6.45, 7) is -0.292. The molecule has 0 saturated heterocycles. The fraction of sp³-hybridized carbons (Fsp3) is 0.545. The third-order valence-electron chi connectivity index (χ3n) is 2.88. The summed E-state index contributed by atoms with van der Waals surface area (Å²) in [5.74, 6) is 0.0307. The summed E-state index contributed by atoms with van der Waals surface area (Å²) < 4.78 is 38.6. The van der Waals surface area contributed by atoms with Crippen LogP contribution in [-0.2, 0) is 12.7 Å². The summed E-state index contributed by atoms with van der Waals surface area (Å²) in [5.41, 5.74) is -1.75. The number of aliphatic hydroxyl groups is 1. The highest BCUT2D eigenvalue weighted by atomic mass is 19.4. The van der Waals surface area contributed by atoms with Gasteiger partial charge in [-0.15, -0.1) is 0 Å². The van der Waals surface area contributed by atoms with Crippen LogP contribution in [-0.4, -0.2) is 15.8 Å². The molecular weight excluding hydrogens is 235 g/mol. The summed E-state index contributed by atoms with van der Waals surface area (Å²) in [6, 6.07) is 2.99. The van der Waals surface area contributed by atoms with Gasteiger partial charge in [0.2, 0.25) is 0 Å². The van der Waals surface area contributed by atoms with Crippen molar-refractivity contribution < 1.29 is 18.3 Å². The zero-order chi connectivity index (χ0) is 12.6. The van der Waals surface area contributed by atoms with Crippen LogP contribution in [0.3, 0.4) is 0 Å². The molecule has 0 radical (unpaired) electrons. The molecule has 3 nitrogen and oxygen atoms in total. The van der Waals surface area contributed by atoms with Crippen LogP contribution >= 0.6 is 0 Å². The first-order valence-electron chi connectivity index (χ1n) is 5.34. The van der Waals surface area contributed by atoms with Gasteiger partial charge in [-0.3, -0.25) is 4.79 Å². The molecule has 1 atom stereocenters. The molecule has 6 heteroatoms. The molecule has 1 saturated carbocycles. The van der Waals surface area contributed by atoms with Crippen molar-refractivity contribution in [1.29, 1.82) is 0 Å². The lowest BCUT2D eigenvalue weighted by atomic mass is 10.2. The van der Waals surface area contributed by atoms with Crippen LogP contribution in [0.15, 0.2) is 23.0 Å². The van der Waals surface area contributed by atoms with Crippen LogP contribution in [0.25, 0.3) is 0 Å². The van der Waals surface area contributed by atoms with E-state index in [-0.39, 0.29) is 12.5 Å². The van der Waals surface area contributed by atoms with E-state index in [0.29, 0.717) is 4.57 Å². The molecule has 2 rings (SSSR count). The predicted molar refractivity (Wildman–Crippen MR) is 54.4 cm³/mol. The average Bonchev–Trinajstić information content (AvgIpc) is 3.02. The van der Waals surface area contributed by atoms with Crippen molar-refractivity contribution in [1.82, 2.24) is 4.57 Å². The van der Waals surface area contributed by atoms with E-state index in [2.05, 4.69) is 0 Å². The molecule has 1 aromatic heterocycles. The standard InChI is InChI=1S/C11H12F3NO2/c12-11(13,14)9-2-1-3-10(17)15(9)6-8(16)7-4-5-7/h1-3,7-8,16H,4-6H2. The van der Waals surface area contributed by atoms with Gasteiger partial charge in [0.25, 0.3) is 5.56 Å². The maximum atomic E-state index is 12.7. The highest BCUT2D eigenvalue weighted by Crippen LogP contribution is 2.34. The van der Waals surface area contributed by atoms with Gasteiger partial charge in [-0.1, -0.05) is 6.07 Å². The van der Waals surface area contributed by atoms with E-state index in [1.54, 1.807) is 0 Å². The van der Waals surface area contributed by atoms with E-state index in [1.807, 2.05) is 0 Å². The van der Waals surface area contributed by atoms with Crippen molar-refractivity contribution in [2.75, 3.05) is 0 Å². The summed E-state index contributed by atoms with van der Waals surface area (Å²) in [7, 11) is 0. The van der Waals surface area contributed by atoms with E-state index < -0.39 is 23.5 Å². The van der Waals surface area contributed by atoms with Gasteiger partial charge >= 0.3 is 6.18 Å². The maximum Gasteiger partial charge on any atom is 0.431 e. The number of pyridine rings is 1. The van der Waals surface area contributed by atoms with Crippen LogP contribution in [0.1, 0.15) is 18.5 Å². The second-order valence-corrected chi connectivity index (χ2v) is 4.26. The Bertz CT molecular complexity index is 463. The topological polar surface area (TPSA) is 42.2 Å². The van der Waals surface area contributed by atoms with Gasteiger partial charge in [0, 0.05) is 6.07 Å². The number of rotatable bonds is 3. The molecule has 1 aromatic rings. The molecule has 1 heterocycles. The molecule has 0 aliphatic heterocycles. The molecular formula is C11H12F3NO2. The van der Waals surface area contributed by atoms with Crippen molar-refractivity contribution in [3.8, 4) is 0 Å². The number of alkyl halides is 3. The monoisotopic (exact) mass is 247 g/mol. The Hall–Kier alpha value is -1.30. The Kier molecular flexibility index (Phi) is 2.99. The largest absolute Gasteiger partial charge is 0.431 e. The fourth-order valence-electron chi connectivity index (χ4n) is 1.77. The Balaban J connectivity index is 2.33. The number of nitrogens with zero attached hydrogens (tertiary/aromatic N) is 1. The van der Waals surface area contributed by atoms with E-state index in [0.717, 1.165) is 31.0 Å². The number of halogens is 3. The number of aromatic nitrogens is 1. The third kappa shape index (κ3) is 2.69. The summed E-state index contributed by atoms with van der Waals surface area (Å²) in [5, 5.41) is 9.63. The highest BCUT2D eigenvalue weighted by molar-refractivity contribution is 5.10. The van der Waals surface area contributed by atoms with E-state index in [9.17, 15) is 23.1 Å². The first-order chi connectivity index (χ1) is 7.89. The SMILES string of the molecule is O=c1cccc(C(F)(F)F)n1CC(O)C1CC1. The molecule has 1 fully saturated rings. The van der Waals surface area contributed by atoms with Crippen molar-refractivity contribution in [2.45, 2.75) is 31.7 Å². The molecule has 94 valence electrons. The average molecular weight is 247 g/mol. The predicted octanol–water partition coefficient (Wildman–Crippen LogP) is 1.64. The van der Waals surface area contributed by atoms with Crippen LogP contribution in [0.2, 0.25) is 0 Å². The van der Waals surface area contributed by atoms with Gasteiger partial charge in [0.1, 0.15) is 5.69 Å². The van der Waals surface area contributed by atoms with Crippen molar-refractivity contribution in [2.24, 2.45) is 5.92 Å². The molecule has 1 unspecified atom stereocenters. The van der Waals surface area contributed by atoms with E-state index in [1.165, 1.54) is 0 Å². The van der Waals surface area contributed by atoms with Crippen LogP contribution < -0.4 is 5.56 Å². The summed E-state index contributed by atoms with van der Waals surface area (Å²) in [4.78, 5) is 11.4. The zero-order valence-electron chi connectivity index (χ0n) is 8.94. The lowest BCUT2D eigenvalue weighted by Crippen LogP contribution is -2.32. The normalized spacial score (nSPS) is 18.1. The van der Waals surface area contributed by atoms with E-state index in [4.69, 9.17) is 0 Å². The molecule has 0 bridgehead atoms. The van der Waals surface area contributed by atoms with Gasteiger partial charge in [-0.05, 0) is 24.8 Å². The minimum absolute atomic E-state index is 0.0307. The lowest BCUT2D eigenvalue weighted by Gasteiger charge is -2.17. The smallest absolute Gasteiger partial charge is 0.391 e. The number of aliphatic hydroxyl groups excluding tert-OH is 1. The molecule has 0 spiro atoms. The second kappa shape index (κ2) is 4.18. The maximum absolute atomic E-state index is 12.7. The van der Waals surface area contributed by atoms with Crippen LogP contribution in [0.4, 0.5) is 13.2 Å². The quantitative estimate of drug-likeness (QED) is 0.882. The Labute approximate surface area is 95.5 Å². The minimum Gasteiger partial charge on any atom is -0.391 e. The Morgan fingerprint density at radius 3 is 2.59 bits per heavy atom. The number of hydrogen-bond acceptors (Lipinski definition) is 2. The van der Waals surface area contributed by atoms with Gasteiger partial charge in [-0.2, -0.15) is 13.2 Å². The van der Waals surface area contributed by atoms with Crippen molar-refractivity contribution in [3.63, 3.8) is 0 Å². The summed E-state index contributed by atoms with van der Waals surface area (Å²) >= 11 is 0. The Morgan fingerprint density at radius 1 is 1.41 bits per heavy atom. The summed E-state index contributed by atoms with van der Waals surface area (Å²) in [6.07, 6.45) is -3.84. The first kappa shape index (κ1) is 12.2. The van der Waals surface area contributed by atoms with Gasteiger partial charge in [0.05, 0.1) is 12.6 Å². The zero-order valence-corrected chi connectivity index (χ0v) is 8.94. The molecule has 0 amide bonds. The van der Waals surface area contributed by atoms with Crippen LogP contribution in [0.5, 0.6) is 0 Å². The molecule has 1 N–H and O–H groups in total. The number of hydrogen-bond donors (Lipinski definition) is 1.